The predicted molar refractivity (Wildman–Crippen MR) is 258 cm³/mol. The van der Waals surface area contributed by atoms with Gasteiger partial charge in [0.2, 0.25) is 21.9 Å². The molecule has 4 amide bonds. The van der Waals surface area contributed by atoms with Crippen molar-refractivity contribution in [2.75, 3.05) is 19.8 Å². The van der Waals surface area contributed by atoms with Crippen molar-refractivity contribution in [2.45, 2.75) is 130 Å². The Labute approximate surface area is 412 Å². The molecule has 24 heteroatoms. The summed E-state index contributed by atoms with van der Waals surface area (Å²) in [4.78, 5) is 61.4. The highest BCUT2D eigenvalue weighted by atomic mass is 79.9. The normalized spacial score (nSPS) is 20.7. The molecule has 67 heavy (non-hydrogen) atoms. The SMILES string of the molecule is C=C1[C@@](C)(c2cc(Br)ccc2F)N=C(N(C(=O)OC(C)(C)C)C(=O)OC(C)(C)C)N(C)S1(=O)=O.CN1C(N(C(=O)OC(C)(C)C)C(=O)OC(C)(C)C)=N[C@](C)(c2cc(Br)ccc2F)CS1(=O)=O.[2HH].[2H][2H]. The second kappa shape index (κ2) is 19.4. The Morgan fingerprint density at radius 1 is 0.657 bits per heavy atom. The van der Waals surface area contributed by atoms with E-state index in [1.165, 1.54) is 44.2 Å². The number of guanidine groups is 2. The van der Waals surface area contributed by atoms with Gasteiger partial charge in [-0.1, -0.05) is 38.4 Å². The van der Waals surface area contributed by atoms with Crippen molar-refractivity contribution >= 4 is 88.2 Å². The molecule has 2 aliphatic rings. The summed E-state index contributed by atoms with van der Waals surface area (Å²) in [6.45, 7) is 25.3. The van der Waals surface area contributed by atoms with E-state index in [-0.39, 0.29) is 12.6 Å². The van der Waals surface area contributed by atoms with Crippen LogP contribution in [0.25, 0.3) is 0 Å². The van der Waals surface area contributed by atoms with Crippen LogP contribution >= 0.6 is 31.9 Å². The summed E-state index contributed by atoms with van der Waals surface area (Å²) in [6.07, 6.45) is -4.80. The highest BCUT2D eigenvalue weighted by molar-refractivity contribution is 9.10. The Balaban J connectivity index is 0.000000667. The molecule has 2 aliphatic heterocycles. The first-order valence-electron chi connectivity index (χ1n) is 21.2. The third-order valence-electron chi connectivity index (χ3n) is 9.00. The summed E-state index contributed by atoms with van der Waals surface area (Å²) in [6, 6.07) is 7.97. The minimum atomic E-state index is -4.41. The smallest absolute Gasteiger partial charge is 0.427 e. The molecule has 2 heterocycles. The summed E-state index contributed by atoms with van der Waals surface area (Å²) in [5, 5.41) is 0. The fourth-order valence-electron chi connectivity index (χ4n) is 5.97. The van der Waals surface area contributed by atoms with E-state index in [0.717, 1.165) is 20.2 Å². The first kappa shape index (κ1) is 54.9. The van der Waals surface area contributed by atoms with Crippen molar-refractivity contribution in [2.24, 2.45) is 9.98 Å². The first-order chi connectivity index (χ1) is 31.0. The molecular weight excluding hydrogens is 1050 g/mol. The van der Waals surface area contributed by atoms with Crippen LogP contribution in [0.15, 0.2) is 66.8 Å². The molecule has 18 nitrogen and oxygen atoms in total. The number of carbonyl (C=O) groups excluding carboxylic acids is 4. The Morgan fingerprint density at radius 2 is 0.985 bits per heavy atom. The maximum absolute atomic E-state index is 14.9. The molecule has 2 aromatic carbocycles. The lowest BCUT2D eigenvalue weighted by atomic mass is 9.92. The number of imide groups is 2. The third-order valence-corrected chi connectivity index (χ3v) is 13.8. The first-order valence-corrected chi connectivity index (χ1v) is 24.9. The van der Waals surface area contributed by atoms with Crippen LogP contribution in [-0.4, -0.2) is 114 Å². The quantitative estimate of drug-likeness (QED) is 0.257. The molecule has 0 spiro atoms. The molecular formula is C43H62Br2F2N6O12S2. The van der Waals surface area contributed by atoms with Crippen LogP contribution in [0.4, 0.5) is 28.0 Å². The molecule has 2 atom stereocenters. The summed E-state index contributed by atoms with van der Waals surface area (Å²) in [5.41, 5.74) is -7.80. The summed E-state index contributed by atoms with van der Waals surface area (Å²) >= 11 is 6.49. The highest BCUT2D eigenvalue weighted by Crippen LogP contribution is 2.43. The summed E-state index contributed by atoms with van der Waals surface area (Å²) in [5.74, 6) is -3.23. The Hall–Kier alpha value is -4.68. The minimum absolute atomic E-state index is 0. The molecule has 0 radical (unpaired) electrons. The number of carbonyl (C=O) groups is 4. The number of ether oxygens (including phenoxy) is 4. The van der Waals surface area contributed by atoms with Crippen LogP contribution in [-0.2, 0) is 50.1 Å². The van der Waals surface area contributed by atoms with E-state index in [2.05, 4.69) is 48.4 Å². The van der Waals surface area contributed by atoms with Gasteiger partial charge >= 0.3 is 24.4 Å². The van der Waals surface area contributed by atoms with Gasteiger partial charge in [0.25, 0.3) is 10.0 Å². The molecule has 0 unspecified atom stereocenters. The molecule has 0 aromatic heterocycles. The minimum Gasteiger partial charge on any atom is -0.443 e. The molecule has 0 N–H and O–H groups in total. The van der Waals surface area contributed by atoms with E-state index in [1.54, 1.807) is 83.1 Å². The van der Waals surface area contributed by atoms with Gasteiger partial charge in [-0.15, -0.1) is 9.80 Å². The van der Waals surface area contributed by atoms with Gasteiger partial charge in [0.05, 0.1) is 10.7 Å². The van der Waals surface area contributed by atoms with Crippen LogP contribution in [0.3, 0.4) is 0 Å². The number of hydrogen-bond donors (Lipinski definition) is 0. The van der Waals surface area contributed by atoms with Gasteiger partial charge < -0.3 is 18.9 Å². The van der Waals surface area contributed by atoms with Gasteiger partial charge in [-0.3, -0.25) is 0 Å². The van der Waals surface area contributed by atoms with Gasteiger partial charge in [0.15, 0.2) is 0 Å². The van der Waals surface area contributed by atoms with Crippen molar-refractivity contribution in [3.8, 4) is 0 Å². The van der Waals surface area contributed by atoms with Crippen molar-refractivity contribution in [1.82, 2.24) is 18.4 Å². The lowest BCUT2D eigenvalue weighted by Crippen LogP contribution is -2.58. The summed E-state index contributed by atoms with van der Waals surface area (Å²) in [7, 11) is -6.30. The Kier molecular flexibility index (Phi) is 15.9. The lowest BCUT2D eigenvalue weighted by molar-refractivity contribution is 0.0109. The number of halogens is 4. The maximum atomic E-state index is 14.9. The van der Waals surface area contributed by atoms with E-state index in [4.69, 9.17) is 21.9 Å². The molecule has 0 saturated heterocycles. The number of nitrogens with zero attached hydrogens (tertiary/aromatic N) is 6. The summed E-state index contributed by atoms with van der Waals surface area (Å²) < 4.78 is 116. The average Bonchev–Trinajstić information content (AvgIpc) is 3.15. The fourth-order valence-corrected chi connectivity index (χ4v) is 9.52. The van der Waals surface area contributed by atoms with Crippen LogP contribution in [0, 0.1) is 11.6 Å². The van der Waals surface area contributed by atoms with Crippen molar-refractivity contribution in [3.63, 3.8) is 0 Å². The van der Waals surface area contributed by atoms with Gasteiger partial charge in [0, 0.05) is 38.6 Å². The largest absolute Gasteiger partial charge is 0.443 e. The third kappa shape index (κ3) is 13.7. The van der Waals surface area contributed by atoms with Crippen molar-refractivity contribution in [3.05, 3.63) is 79.6 Å². The molecule has 0 aliphatic carbocycles. The van der Waals surface area contributed by atoms with Crippen LogP contribution in [0.1, 0.15) is 112 Å². The standard InChI is InChI=1S/C22H29BrFN3O6S.C21H29BrFN3O6S.2H2/c1-13-22(8,15-12-14(23)10-11-16(15)24)25-17(26(9)34(13,30)31)27(18(28)32-20(2,3)4)19(29)33-21(5,6)7;1-19(2,3)31-17(27)26(18(28)32-20(4,5)6)16-24-21(7,12-33(29,30)25(16)8)14-11-13(22)9-10-15(14)23;;/h10-12H,1H2,2-9H3;9-11H,12H2,1-8H3;2*1H/t22-;21-;;/m00../s1/i;;1+1D;1+1. The molecule has 376 valence electrons. The second-order valence-electron chi connectivity index (χ2n) is 19.6. The van der Waals surface area contributed by atoms with E-state index in [9.17, 15) is 44.8 Å². The van der Waals surface area contributed by atoms with Gasteiger partial charge in [-0.2, -0.15) is 0 Å². The second-order valence-corrected chi connectivity index (χ2v) is 25.5. The number of hydrogen-bond acceptors (Lipinski definition) is 14. The molecule has 4 rings (SSSR count). The van der Waals surface area contributed by atoms with E-state index in [1.807, 2.05) is 0 Å². The molecule has 0 saturated carbocycles. The van der Waals surface area contributed by atoms with Gasteiger partial charge in [-0.25, -0.2) is 63.4 Å². The van der Waals surface area contributed by atoms with E-state index in [0.29, 0.717) is 27.4 Å². The number of amides is 4. The predicted octanol–water partition coefficient (Wildman–Crippen LogP) is 10.2. The highest BCUT2D eigenvalue weighted by Gasteiger charge is 2.51. The van der Waals surface area contributed by atoms with Crippen LogP contribution in [0.2, 0.25) is 0 Å². The number of benzene rings is 2. The number of sulfonamides is 2. The molecule has 0 bridgehead atoms. The number of aliphatic imine (C=N–C) groups is 2. The zero-order chi connectivity index (χ0) is 54.0. The monoisotopic (exact) mass is 1120 g/mol. The van der Waals surface area contributed by atoms with Gasteiger partial charge in [0.1, 0.15) is 45.1 Å². The topological polar surface area (TPSA) is 211 Å². The number of rotatable bonds is 2. The van der Waals surface area contributed by atoms with Crippen molar-refractivity contribution < 1.29 is 68.1 Å². The molecule has 2 aromatic rings. The fraction of sp³-hybridized carbons (Fsp3) is 0.535. The Bertz CT molecular complexity index is 2580. The lowest BCUT2D eigenvalue weighted by Gasteiger charge is -2.40. The zero-order valence-corrected chi connectivity index (χ0v) is 45.1. The average molecular weight is 1120 g/mol. The van der Waals surface area contributed by atoms with Crippen LogP contribution < -0.4 is 0 Å². The van der Waals surface area contributed by atoms with Gasteiger partial charge in [-0.05, 0) is 133 Å². The zero-order valence-electron chi connectivity index (χ0n) is 42.3. The maximum Gasteiger partial charge on any atom is 0.427 e. The molecule has 0 fully saturated rings. The van der Waals surface area contributed by atoms with Crippen LogP contribution in [0.5, 0.6) is 0 Å². The van der Waals surface area contributed by atoms with E-state index >= 15 is 0 Å². The Morgan fingerprint density at radius 3 is 1.34 bits per heavy atom. The van der Waals surface area contributed by atoms with E-state index < -0.39 is 112 Å². The van der Waals surface area contributed by atoms with Crippen molar-refractivity contribution in [1.29, 1.82) is 0 Å².